The van der Waals surface area contributed by atoms with Gasteiger partial charge in [-0.05, 0) is 20.0 Å². The van der Waals surface area contributed by atoms with Crippen LogP contribution in [-0.2, 0) is 13.0 Å². The smallest absolute Gasteiger partial charge is 0.273 e. The number of hydrogen-bond acceptors (Lipinski definition) is 4. The zero-order valence-electron chi connectivity index (χ0n) is 11.5. The summed E-state index contributed by atoms with van der Waals surface area (Å²) in [6.45, 7) is 1.79. The first kappa shape index (κ1) is 14.2. The summed E-state index contributed by atoms with van der Waals surface area (Å²) in [6.07, 6.45) is 5.13. The van der Waals surface area contributed by atoms with E-state index in [0.29, 0.717) is 12.0 Å². The fraction of sp³-hybridized carbons (Fsp3) is 0.357. The highest BCUT2D eigenvalue weighted by Gasteiger charge is 2.14. The Morgan fingerprint density at radius 1 is 1.40 bits per heavy atom. The minimum atomic E-state index is -0.344. The number of nitro groups is 1. The SMILES string of the molecule is CNCCCn1ccnc1Cc1ccccc1[N+](=O)[O-]. The van der Waals surface area contributed by atoms with Gasteiger partial charge in [-0.3, -0.25) is 10.1 Å². The van der Waals surface area contributed by atoms with Crippen molar-refractivity contribution in [1.29, 1.82) is 0 Å². The number of aryl methyl sites for hydroxylation is 1. The number of aromatic nitrogens is 2. The molecule has 1 aromatic heterocycles. The molecule has 0 radical (unpaired) electrons. The normalized spacial score (nSPS) is 10.7. The molecule has 106 valence electrons. The molecule has 0 fully saturated rings. The van der Waals surface area contributed by atoms with Crippen molar-refractivity contribution in [2.24, 2.45) is 0 Å². The number of rotatable bonds is 7. The third kappa shape index (κ3) is 3.42. The third-order valence-electron chi connectivity index (χ3n) is 3.16. The minimum Gasteiger partial charge on any atom is -0.335 e. The van der Waals surface area contributed by atoms with Crippen LogP contribution < -0.4 is 5.32 Å². The zero-order valence-corrected chi connectivity index (χ0v) is 11.5. The van der Waals surface area contributed by atoms with Gasteiger partial charge in [0.05, 0.1) is 4.92 Å². The largest absolute Gasteiger partial charge is 0.335 e. The van der Waals surface area contributed by atoms with Crippen LogP contribution in [0, 0.1) is 10.1 Å². The summed E-state index contributed by atoms with van der Waals surface area (Å²) < 4.78 is 2.05. The van der Waals surface area contributed by atoms with E-state index in [2.05, 4.69) is 10.3 Å². The fourth-order valence-electron chi connectivity index (χ4n) is 2.15. The Balaban J connectivity index is 2.14. The number of nitrogens with one attached hydrogen (secondary N) is 1. The lowest BCUT2D eigenvalue weighted by Crippen LogP contribution is -2.12. The van der Waals surface area contributed by atoms with Gasteiger partial charge in [-0.1, -0.05) is 18.2 Å². The molecule has 0 unspecified atom stereocenters. The van der Waals surface area contributed by atoms with Crippen LogP contribution in [0.15, 0.2) is 36.7 Å². The molecule has 2 rings (SSSR count). The van der Waals surface area contributed by atoms with E-state index in [1.807, 2.05) is 23.9 Å². The highest BCUT2D eigenvalue weighted by atomic mass is 16.6. The summed E-state index contributed by atoms with van der Waals surface area (Å²) in [5.41, 5.74) is 0.843. The summed E-state index contributed by atoms with van der Waals surface area (Å²) in [4.78, 5) is 15.0. The number of nitro benzene ring substituents is 1. The van der Waals surface area contributed by atoms with E-state index >= 15 is 0 Å². The molecule has 6 heteroatoms. The van der Waals surface area contributed by atoms with Crippen molar-refractivity contribution in [3.05, 3.63) is 58.2 Å². The average molecular weight is 274 g/mol. The molecule has 6 nitrogen and oxygen atoms in total. The molecular weight excluding hydrogens is 256 g/mol. The Bertz CT molecular complexity index is 580. The second-order valence-corrected chi connectivity index (χ2v) is 4.56. The molecular formula is C14H18N4O2. The summed E-state index contributed by atoms with van der Waals surface area (Å²) in [5, 5.41) is 14.1. The van der Waals surface area contributed by atoms with Crippen LogP contribution in [0.25, 0.3) is 0 Å². The first-order valence-corrected chi connectivity index (χ1v) is 6.59. The molecule has 0 saturated carbocycles. The van der Waals surface area contributed by atoms with Crippen LogP contribution in [0.3, 0.4) is 0 Å². The van der Waals surface area contributed by atoms with Crippen molar-refractivity contribution in [3.8, 4) is 0 Å². The van der Waals surface area contributed by atoms with Crippen molar-refractivity contribution in [2.75, 3.05) is 13.6 Å². The van der Waals surface area contributed by atoms with E-state index in [0.717, 1.165) is 25.3 Å². The summed E-state index contributed by atoms with van der Waals surface area (Å²) >= 11 is 0. The molecule has 0 bridgehead atoms. The second-order valence-electron chi connectivity index (χ2n) is 4.56. The van der Waals surface area contributed by atoms with E-state index in [1.54, 1.807) is 18.3 Å². The molecule has 0 aliphatic heterocycles. The van der Waals surface area contributed by atoms with Gasteiger partial charge in [0.2, 0.25) is 0 Å². The van der Waals surface area contributed by atoms with Crippen molar-refractivity contribution >= 4 is 5.69 Å². The maximum absolute atomic E-state index is 11.0. The van der Waals surface area contributed by atoms with Gasteiger partial charge in [0, 0.05) is 37.0 Å². The highest BCUT2D eigenvalue weighted by Crippen LogP contribution is 2.20. The Labute approximate surface area is 117 Å². The molecule has 1 heterocycles. The molecule has 0 aliphatic carbocycles. The lowest BCUT2D eigenvalue weighted by Gasteiger charge is -2.08. The van der Waals surface area contributed by atoms with Crippen molar-refractivity contribution in [1.82, 2.24) is 14.9 Å². The summed E-state index contributed by atoms with van der Waals surface area (Å²) in [6, 6.07) is 6.81. The van der Waals surface area contributed by atoms with E-state index in [-0.39, 0.29) is 10.6 Å². The van der Waals surface area contributed by atoms with Crippen molar-refractivity contribution in [3.63, 3.8) is 0 Å². The number of para-hydroxylation sites is 1. The summed E-state index contributed by atoms with van der Waals surface area (Å²) in [7, 11) is 1.92. The van der Waals surface area contributed by atoms with Crippen molar-refractivity contribution in [2.45, 2.75) is 19.4 Å². The lowest BCUT2D eigenvalue weighted by atomic mass is 10.1. The number of benzene rings is 1. The number of nitrogens with zero attached hydrogens (tertiary/aromatic N) is 3. The van der Waals surface area contributed by atoms with Gasteiger partial charge in [-0.2, -0.15) is 0 Å². The Morgan fingerprint density at radius 3 is 2.95 bits per heavy atom. The molecule has 0 saturated heterocycles. The minimum absolute atomic E-state index is 0.150. The maximum Gasteiger partial charge on any atom is 0.273 e. The van der Waals surface area contributed by atoms with Crippen LogP contribution in [-0.4, -0.2) is 28.1 Å². The van der Waals surface area contributed by atoms with Crippen LogP contribution in [0.2, 0.25) is 0 Å². The van der Waals surface area contributed by atoms with Gasteiger partial charge in [-0.15, -0.1) is 0 Å². The molecule has 20 heavy (non-hydrogen) atoms. The molecule has 0 amide bonds. The van der Waals surface area contributed by atoms with Gasteiger partial charge in [0.25, 0.3) is 5.69 Å². The molecule has 1 N–H and O–H groups in total. The Hall–Kier alpha value is -2.21. The van der Waals surface area contributed by atoms with Crippen LogP contribution >= 0.6 is 0 Å². The van der Waals surface area contributed by atoms with Gasteiger partial charge in [0.1, 0.15) is 5.82 Å². The van der Waals surface area contributed by atoms with E-state index in [9.17, 15) is 10.1 Å². The van der Waals surface area contributed by atoms with E-state index in [1.165, 1.54) is 6.07 Å². The molecule has 2 aromatic rings. The Kier molecular flexibility index (Phi) is 4.84. The number of imidazole rings is 1. The predicted molar refractivity (Wildman–Crippen MR) is 76.7 cm³/mol. The standard InChI is InChI=1S/C14H18N4O2/c1-15-7-4-9-17-10-8-16-14(17)11-12-5-2-3-6-13(12)18(19)20/h2-3,5-6,8,10,15H,4,7,9,11H2,1H3. The monoisotopic (exact) mass is 274 g/mol. The topological polar surface area (TPSA) is 73.0 Å². The molecule has 0 spiro atoms. The van der Waals surface area contributed by atoms with E-state index < -0.39 is 0 Å². The quantitative estimate of drug-likeness (QED) is 0.476. The average Bonchev–Trinajstić information content (AvgIpc) is 2.87. The van der Waals surface area contributed by atoms with Gasteiger partial charge < -0.3 is 9.88 Å². The third-order valence-corrected chi connectivity index (χ3v) is 3.16. The van der Waals surface area contributed by atoms with Crippen molar-refractivity contribution < 1.29 is 4.92 Å². The van der Waals surface area contributed by atoms with Gasteiger partial charge in [0.15, 0.2) is 0 Å². The fourth-order valence-corrected chi connectivity index (χ4v) is 2.15. The Morgan fingerprint density at radius 2 is 2.20 bits per heavy atom. The first-order valence-electron chi connectivity index (χ1n) is 6.59. The van der Waals surface area contributed by atoms with Crippen LogP contribution in [0.1, 0.15) is 17.8 Å². The maximum atomic E-state index is 11.0. The molecule has 1 aromatic carbocycles. The summed E-state index contributed by atoms with van der Waals surface area (Å²) in [5.74, 6) is 0.857. The first-order chi connectivity index (χ1) is 9.72. The van der Waals surface area contributed by atoms with E-state index in [4.69, 9.17) is 0 Å². The molecule has 0 aliphatic rings. The predicted octanol–water partition coefficient (Wildman–Crippen LogP) is 1.99. The van der Waals surface area contributed by atoms with Crippen LogP contribution in [0.5, 0.6) is 0 Å². The highest BCUT2D eigenvalue weighted by molar-refractivity contribution is 5.41. The second kappa shape index (κ2) is 6.81. The van der Waals surface area contributed by atoms with Gasteiger partial charge in [-0.25, -0.2) is 4.98 Å². The number of hydrogen-bond donors (Lipinski definition) is 1. The lowest BCUT2D eigenvalue weighted by molar-refractivity contribution is -0.385. The van der Waals surface area contributed by atoms with Crippen LogP contribution in [0.4, 0.5) is 5.69 Å². The zero-order chi connectivity index (χ0) is 14.4. The van der Waals surface area contributed by atoms with Gasteiger partial charge >= 0.3 is 0 Å². The molecule has 0 atom stereocenters.